The van der Waals surface area contributed by atoms with E-state index in [1.54, 1.807) is 0 Å². The topological polar surface area (TPSA) is 50.8 Å². The number of hydrogen-bond donors (Lipinski definition) is 1. The molecule has 1 aromatic carbocycles. The van der Waals surface area contributed by atoms with E-state index in [4.69, 9.17) is 28.9 Å². The van der Waals surface area contributed by atoms with Crippen LogP contribution in [-0.2, 0) is 6.54 Å². The summed E-state index contributed by atoms with van der Waals surface area (Å²) in [6, 6.07) is 3.24. The third-order valence-corrected chi connectivity index (χ3v) is 3.66. The van der Waals surface area contributed by atoms with Crippen LogP contribution in [0.4, 0.5) is 8.78 Å². The molecule has 21 heavy (non-hydrogen) atoms. The van der Waals surface area contributed by atoms with Crippen molar-refractivity contribution in [3.05, 3.63) is 27.7 Å². The first kappa shape index (κ1) is 16.1. The van der Waals surface area contributed by atoms with Crippen LogP contribution in [0.15, 0.2) is 17.1 Å². The first-order chi connectivity index (χ1) is 9.88. The number of nitrogens with two attached hydrogens (primary N) is 1. The fourth-order valence-corrected chi connectivity index (χ4v) is 2.46. The Morgan fingerprint density at radius 3 is 2.71 bits per heavy atom. The number of rotatable bonds is 5. The molecule has 2 N–H and O–H groups in total. The summed E-state index contributed by atoms with van der Waals surface area (Å²) in [5.74, 6) is 0.221. The van der Waals surface area contributed by atoms with Crippen molar-refractivity contribution < 1.29 is 13.5 Å². The van der Waals surface area contributed by atoms with Crippen LogP contribution in [0.3, 0.4) is 0 Å². The van der Waals surface area contributed by atoms with Crippen molar-refractivity contribution in [1.82, 2.24) is 4.90 Å². The van der Waals surface area contributed by atoms with E-state index in [0.29, 0.717) is 22.6 Å². The van der Waals surface area contributed by atoms with Gasteiger partial charge in [0.1, 0.15) is 5.75 Å². The summed E-state index contributed by atoms with van der Waals surface area (Å²) in [5.41, 5.74) is 6.22. The molecule has 0 spiro atoms. The number of hydrogen-bond acceptors (Lipinski definition) is 2. The zero-order valence-corrected chi connectivity index (χ0v) is 12.8. The van der Waals surface area contributed by atoms with Gasteiger partial charge in [0, 0.05) is 23.7 Å². The predicted molar refractivity (Wildman–Crippen MR) is 79.2 cm³/mol. The van der Waals surface area contributed by atoms with Crippen LogP contribution >= 0.6 is 23.2 Å². The molecule has 1 fully saturated rings. The molecule has 1 saturated carbocycles. The summed E-state index contributed by atoms with van der Waals surface area (Å²) < 4.78 is 29.3. The van der Waals surface area contributed by atoms with E-state index < -0.39 is 6.61 Å². The lowest BCUT2D eigenvalue weighted by Crippen LogP contribution is -2.35. The van der Waals surface area contributed by atoms with Gasteiger partial charge >= 0.3 is 6.61 Å². The van der Waals surface area contributed by atoms with E-state index >= 15 is 0 Å². The average Bonchev–Trinajstić information content (AvgIpc) is 3.22. The Morgan fingerprint density at radius 2 is 2.14 bits per heavy atom. The van der Waals surface area contributed by atoms with Gasteiger partial charge in [0.25, 0.3) is 0 Å². The molecule has 0 aromatic heterocycles. The Hall–Kier alpha value is -1.27. The van der Waals surface area contributed by atoms with Crippen LogP contribution in [0.25, 0.3) is 0 Å². The van der Waals surface area contributed by atoms with E-state index in [1.807, 2.05) is 11.9 Å². The first-order valence-corrected chi connectivity index (χ1v) is 7.09. The predicted octanol–water partition coefficient (Wildman–Crippen LogP) is 3.50. The largest absolute Gasteiger partial charge is 0.433 e. The Morgan fingerprint density at radius 1 is 1.48 bits per heavy atom. The third kappa shape index (κ3) is 4.35. The molecular formula is C13H15Cl2F2N3O. The zero-order chi connectivity index (χ0) is 15.6. The van der Waals surface area contributed by atoms with Crippen molar-refractivity contribution in [2.75, 3.05) is 7.05 Å². The van der Waals surface area contributed by atoms with Crippen LogP contribution in [-0.4, -0.2) is 30.6 Å². The molecule has 0 aliphatic heterocycles. The first-order valence-electron chi connectivity index (χ1n) is 6.34. The van der Waals surface area contributed by atoms with Gasteiger partial charge in [-0.3, -0.25) is 0 Å². The van der Waals surface area contributed by atoms with Gasteiger partial charge in [-0.1, -0.05) is 23.2 Å². The maximum atomic E-state index is 12.4. The van der Waals surface area contributed by atoms with Gasteiger partial charge in [0.15, 0.2) is 5.96 Å². The maximum absolute atomic E-state index is 12.4. The second-order valence-electron chi connectivity index (χ2n) is 4.77. The normalized spacial score (nSPS) is 15.4. The standard InChI is InChI=1S/C13H15Cl2F2N3O/c1-20(9-2-3-9)13(18)19-6-7-4-8(14)5-10(15)11(7)21-12(16)17/h4-5,9,12H,2-3,6H2,1H3,(H2,18,19). The highest BCUT2D eigenvalue weighted by atomic mass is 35.5. The monoisotopic (exact) mass is 337 g/mol. The lowest BCUT2D eigenvalue weighted by Gasteiger charge is -2.17. The van der Waals surface area contributed by atoms with Crippen LogP contribution < -0.4 is 10.5 Å². The molecule has 0 saturated heterocycles. The molecule has 116 valence electrons. The van der Waals surface area contributed by atoms with Crippen LogP contribution in [0.1, 0.15) is 18.4 Å². The third-order valence-electron chi connectivity index (χ3n) is 3.16. The highest BCUT2D eigenvalue weighted by Gasteiger charge is 2.27. The smallest absolute Gasteiger partial charge is 0.387 e. The van der Waals surface area contributed by atoms with Crippen molar-refractivity contribution in [2.45, 2.75) is 32.0 Å². The number of ether oxygens (including phenoxy) is 1. The zero-order valence-electron chi connectivity index (χ0n) is 11.3. The fourth-order valence-electron chi connectivity index (χ4n) is 1.88. The van der Waals surface area contributed by atoms with Gasteiger partial charge in [-0.2, -0.15) is 8.78 Å². The molecule has 0 heterocycles. The van der Waals surface area contributed by atoms with E-state index in [-0.39, 0.29) is 17.3 Å². The second kappa shape index (κ2) is 6.66. The molecular weight excluding hydrogens is 323 g/mol. The summed E-state index contributed by atoms with van der Waals surface area (Å²) in [6.45, 7) is -2.91. The van der Waals surface area contributed by atoms with Crippen molar-refractivity contribution in [1.29, 1.82) is 0 Å². The molecule has 2 rings (SSSR count). The number of halogens is 4. The van der Waals surface area contributed by atoms with E-state index in [0.717, 1.165) is 12.8 Å². The van der Waals surface area contributed by atoms with Gasteiger partial charge in [0.2, 0.25) is 0 Å². The fraction of sp³-hybridized carbons (Fsp3) is 0.462. The Labute approximate surface area is 131 Å². The molecule has 1 aliphatic rings. The summed E-state index contributed by atoms with van der Waals surface area (Å²) in [6.07, 6.45) is 2.16. The number of alkyl halides is 2. The van der Waals surface area contributed by atoms with E-state index in [9.17, 15) is 8.78 Å². The van der Waals surface area contributed by atoms with Gasteiger partial charge < -0.3 is 15.4 Å². The highest BCUT2D eigenvalue weighted by Crippen LogP contribution is 2.34. The molecule has 0 radical (unpaired) electrons. The van der Waals surface area contributed by atoms with Crippen molar-refractivity contribution in [2.24, 2.45) is 10.7 Å². The molecule has 4 nitrogen and oxygen atoms in total. The summed E-state index contributed by atoms with van der Waals surface area (Å²) >= 11 is 11.8. The van der Waals surface area contributed by atoms with Crippen molar-refractivity contribution >= 4 is 29.2 Å². The average molecular weight is 338 g/mol. The molecule has 0 amide bonds. The van der Waals surface area contributed by atoms with Gasteiger partial charge in [-0.15, -0.1) is 0 Å². The lowest BCUT2D eigenvalue weighted by molar-refractivity contribution is -0.0503. The van der Waals surface area contributed by atoms with Crippen molar-refractivity contribution in [3.8, 4) is 5.75 Å². The minimum Gasteiger partial charge on any atom is -0.433 e. The highest BCUT2D eigenvalue weighted by molar-refractivity contribution is 6.35. The molecule has 1 aromatic rings. The number of aliphatic imine (C=N–C) groups is 1. The molecule has 0 bridgehead atoms. The molecule has 0 unspecified atom stereocenters. The number of nitrogens with zero attached hydrogens (tertiary/aromatic N) is 2. The Balaban J connectivity index is 2.19. The minimum atomic E-state index is -2.97. The maximum Gasteiger partial charge on any atom is 0.387 e. The Kier molecular flexibility index (Phi) is 5.11. The quantitative estimate of drug-likeness (QED) is 0.660. The summed E-state index contributed by atoms with van der Waals surface area (Å²) in [4.78, 5) is 6.04. The number of guanidine groups is 1. The summed E-state index contributed by atoms with van der Waals surface area (Å²) in [7, 11) is 1.85. The van der Waals surface area contributed by atoms with Gasteiger partial charge in [-0.25, -0.2) is 4.99 Å². The summed E-state index contributed by atoms with van der Waals surface area (Å²) in [5, 5.41) is 0.336. The van der Waals surface area contributed by atoms with Crippen LogP contribution in [0.2, 0.25) is 10.0 Å². The molecule has 1 aliphatic carbocycles. The number of benzene rings is 1. The second-order valence-corrected chi connectivity index (χ2v) is 5.61. The van der Waals surface area contributed by atoms with Gasteiger partial charge in [0.05, 0.1) is 11.6 Å². The molecule has 8 heteroatoms. The Bertz CT molecular complexity index is 550. The van der Waals surface area contributed by atoms with Crippen LogP contribution in [0, 0.1) is 0 Å². The van der Waals surface area contributed by atoms with E-state index in [1.165, 1.54) is 12.1 Å². The minimum absolute atomic E-state index is 0.0159. The lowest BCUT2D eigenvalue weighted by atomic mass is 10.2. The SMILES string of the molecule is CN(C(N)=NCc1cc(Cl)cc(Cl)c1OC(F)F)C1CC1. The van der Waals surface area contributed by atoms with E-state index in [2.05, 4.69) is 9.73 Å². The molecule has 0 atom stereocenters. The van der Waals surface area contributed by atoms with Gasteiger partial charge in [-0.05, 0) is 25.0 Å². The van der Waals surface area contributed by atoms with Crippen molar-refractivity contribution in [3.63, 3.8) is 0 Å². The van der Waals surface area contributed by atoms with Crippen LogP contribution in [0.5, 0.6) is 5.75 Å².